The van der Waals surface area contributed by atoms with Gasteiger partial charge < -0.3 is 10.2 Å². The van der Waals surface area contributed by atoms with E-state index in [1.165, 1.54) is 0 Å². The van der Waals surface area contributed by atoms with Crippen molar-refractivity contribution in [3.63, 3.8) is 0 Å². The summed E-state index contributed by atoms with van der Waals surface area (Å²) in [5, 5.41) is 19.3. The molecule has 1 saturated heterocycles. The number of nitrogens with zero attached hydrogens (tertiary/aromatic N) is 2. The van der Waals surface area contributed by atoms with E-state index in [0.717, 1.165) is 25.1 Å². The fraction of sp³-hybridized carbons (Fsp3) is 0.600. The van der Waals surface area contributed by atoms with Crippen LogP contribution in [-0.2, 0) is 11.3 Å². The Morgan fingerprint density at radius 1 is 1.50 bits per heavy atom. The first-order chi connectivity index (χ1) is 9.47. The molecule has 5 nitrogen and oxygen atoms in total. The number of hydrogen-bond donors (Lipinski definition) is 2. The molecular formula is C15H22N2O3. The molecule has 1 aromatic rings. The molecular weight excluding hydrogens is 256 g/mol. The quantitative estimate of drug-likeness (QED) is 0.883. The van der Waals surface area contributed by atoms with Gasteiger partial charge >= 0.3 is 5.97 Å². The SMILES string of the molecule is CCC1(C(=O)O)CCCN(Cc2nc(C)ccc2O)C1. The van der Waals surface area contributed by atoms with E-state index in [-0.39, 0.29) is 5.75 Å². The lowest BCUT2D eigenvalue weighted by Crippen LogP contribution is -2.47. The molecule has 0 aromatic carbocycles. The number of piperidine rings is 1. The lowest BCUT2D eigenvalue weighted by atomic mass is 9.77. The van der Waals surface area contributed by atoms with Crippen molar-refractivity contribution in [3.8, 4) is 5.75 Å². The van der Waals surface area contributed by atoms with Crippen molar-refractivity contribution >= 4 is 5.97 Å². The van der Waals surface area contributed by atoms with E-state index in [0.29, 0.717) is 25.2 Å². The second-order valence-corrected chi connectivity index (χ2v) is 5.67. The average Bonchev–Trinajstić information content (AvgIpc) is 2.43. The molecule has 2 N–H and O–H groups in total. The van der Waals surface area contributed by atoms with E-state index in [4.69, 9.17) is 0 Å². The number of aryl methyl sites for hydroxylation is 1. The van der Waals surface area contributed by atoms with Crippen LogP contribution in [0.2, 0.25) is 0 Å². The van der Waals surface area contributed by atoms with Crippen LogP contribution in [0.4, 0.5) is 0 Å². The van der Waals surface area contributed by atoms with E-state index in [1.807, 2.05) is 13.8 Å². The zero-order valence-corrected chi connectivity index (χ0v) is 12.1. The molecule has 0 aliphatic carbocycles. The Kier molecular flexibility index (Phi) is 4.28. The minimum absolute atomic E-state index is 0.179. The summed E-state index contributed by atoms with van der Waals surface area (Å²) < 4.78 is 0. The van der Waals surface area contributed by atoms with Gasteiger partial charge in [-0.2, -0.15) is 0 Å². The van der Waals surface area contributed by atoms with Gasteiger partial charge in [0.2, 0.25) is 0 Å². The zero-order valence-electron chi connectivity index (χ0n) is 12.1. The molecule has 0 saturated carbocycles. The summed E-state index contributed by atoms with van der Waals surface area (Å²) in [6, 6.07) is 3.41. The van der Waals surface area contributed by atoms with Crippen LogP contribution in [0.3, 0.4) is 0 Å². The van der Waals surface area contributed by atoms with E-state index in [2.05, 4.69) is 9.88 Å². The smallest absolute Gasteiger partial charge is 0.310 e. The average molecular weight is 278 g/mol. The van der Waals surface area contributed by atoms with Crippen molar-refractivity contribution in [3.05, 3.63) is 23.5 Å². The van der Waals surface area contributed by atoms with Gasteiger partial charge in [-0.3, -0.25) is 14.7 Å². The number of hydrogen-bond acceptors (Lipinski definition) is 4. The summed E-state index contributed by atoms with van der Waals surface area (Å²) in [7, 11) is 0. The molecule has 1 aliphatic heterocycles. The highest BCUT2D eigenvalue weighted by molar-refractivity contribution is 5.75. The summed E-state index contributed by atoms with van der Waals surface area (Å²) in [4.78, 5) is 18.0. The molecule has 5 heteroatoms. The fourth-order valence-electron chi connectivity index (χ4n) is 2.91. The summed E-state index contributed by atoms with van der Waals surface area (Å²) >= 11 is 0. The first-order valence-corrected chi connectivity index (χ1v) is 7.08. The Labute approximate surface area is 119 Å². The maximum Gasteiger partial charge on any atom is 0.310 e. The van der Waals surface area contributed by atoms with Crippen LogP contribution in [0.25, 0.3) is 0 Å². The number of carboxylic acid groups (broad SMARTS) is 1. The molecule has 0 radical (unpaired) electrons. The maximum absolute atomic E-state index is 11.5. The van der Waals surface area contributed by atoms with Gasteiger partial charge in [-0.15, -0.1) is 0 Å². The highest BCUT2D eigenvalue weighted by atomic mass is 16.4. The Bertz CT molecular complexity index is 504. The lowest BCUT2D eigenvalue weighted by Gasteiger charge is -2.39. The molecule has 1 unspecified atom stereocenters. The largest absolute Gasteiger partial charge is 0.506 e. The minimum atomic E-state index is -0.717. The number of aromatic hydroxyl groups is 1. The first kappa shape index (κ1) is 14.8. The molecule has 110 valence electrons. The normalized spacial score (nSPS) is 23.7. The van der Waals surface area contributed by atoms with Crippen molar-refractivity contribution in [1.82, 2.24) is 9.88 Å². The van der Waals surface area contributed by atoms with Crippen molar-refractivity contribution in [2.45, 2.75) is 39.7 Å². The van der Waals surface area contributed by atoms with E-state index >= 15 is 0 Å². The molecule has 0 bridgehead atoms. The number of pyridine rings is 1. The fourth-order valence-corrected chi connectivity index (χ4v) is 2.91. The van der Waals surface area contributed by atoms with Gasteiger partial charge in [0.1, 0.15) is 5.75 Å². The summed E-state index contributed by atoms with van der Waals surface area (Å²) in [6.45, 7) is 5.69. The molecule has 2 rings (SSSR count). The molecule has 1 fully saturated rings. The van der Waals surface area contributed by atoms with Crippen molar-refractivity contribution < 1.29 is 15.0 Å². The minimum Gasteiger partial charge on any atom is -0.506 e. The van der Waals surface area contributed by atoms with Crippen LogP contribution in [-0.4, -0.2) is 39.2 Å². The van der Waals surface area contributed by atoms with Crippen LogP contribution in [0.5, 0.6) is 5.75 Å². The molecule has 2 heterocycles. The molecule has 1 aliphatic rings. The third kappa shape index (κ3) is 2.93. The van der Waals surface area contributed by atoms with E-state index < -0.39 is 11.4 Å². The summed E-state index contributed by atoms with van der Waals surface area (Å²) in [5.74, 6) is -0.537. The highest BCUT2D eigenvalue weighted by Crippen LogP contribution is 2.34. The Balaban J connectivity index is 2.13. The Hall–Kier alpha value is -1.62. The monoisotopic (exact) mass is 278 g/mol. The number of carbonyl (C=O) groups is 1. The summed E-state index contributed by atoms with van der Waals surface area (Å²) in [5.41, 5.74) is 0.828. The predicted octanol–water partition coefficient (Wildman–Crippen LogP) is 2.17. The van der Waals surface area contributed by atoms with Gasteiger partial charge in [-0.25, -0.2) is 0 Å². The third-order valence-corrected chi connectivity index (χ3v) is 4.25. The second-order valence-electron chi connectivity index (χ2n) is 5.67. The van der Waals surface area contributed by atoms with E-state index in [1.54, 1.807) is 12.1 Å². The second kappa shape index (κ2) is 5.79. The topological polar surface area (TPSA) is 73.7 Å². The van der Waals surface area contributed by atoms with Crippen molar-refractivity contribution in [2.75, 3.05) is 13.1 Å². The van der Waals surface area contributed by atoms with Gasteiger partial charge in [0.05, 0.1) is 11.1 Å². The maximum atomic E-state index is 11.5. The zero-order chi connectivity index (χ0) is 14.8. The van der Waals surface area contributed by atoms with Gasteiger partial charge in [-0.05, 0) is 44.9 Å². The number of rotatable bonds is 4. The van der Waals surface area contributed by atoms with Crippen molar-refractivity contribution in [1.29, 1.82) is 0 Å². The number of aromatic nitrogens is 1. The molecule has 0 spiro atoms. The molecule has 1 atom stereocenters. The first-order valence-electron chi connectivity index (χ1n) is 7.08. The Morgan fingerprint density at radius 3 is 2.90 bits per heavy atom. The Morgan fingerprint density at radius 2 is 2.25 bits per heavy atom. The standard InChI is InChI=1S/C15H22N2O3/c1-3-15(14(19)20)7-4-8-17(10-15)9-12-13(18)6-5-11(2)16-12/h5-6,18H,3-4,7-10H2,1-2H3,(H,19,20). The molecule has 20 heavy (non-hydrogen) atoms. The van der Waals surface area contributed by atoms with Crippen LogP contribution >= 0.6 is 0 Å². The van der Waals surface area contributed by atoms with Gasteiger partial charge in [0.25, 0.3) is 0 Å². The number of likely N-dealkylation sites (tertiary alicyclic amines) is 1. The number of aliphatic carboxylic acids is 1. The highest BCUT2D eigenvalue weighted by Gasteiger charge is 2.40. The lowest BCUT2D eigenvalue weighted by molar-refractivity contribution is -0.153. The third-order valence-electron chi connectivity index (χ3n) is 4.25. The summed E-state index contributed by atoms with van der Waals surface area (Å²) in [6.07, 6.45) is 2.22. The predicted molar refractivity (Wildman–Crippen MR) is 75.5 cm³/mol. The van der Waals surface area contributed by atoms with Gasteiger partial charge in [0, 0.05) is 18.8 Å². The molecule has 0 amide bonds. The molecule has 1 aromatic heterocycles. The van der Waals surface area contributed by atoms with Crippen LogP contribution in [0.15, 0.2) is 12.1 Å². The van der Waals surface area contributed by atoms with Gasteiger partial charge in [0.15, 0.2) is 0 Å². The van der Waals surface area contributed by atoms with Gasteiger partial charge in [-0.1, -0.05) is 6.92 Å². The number of carboxylic acids is 1. The van der Waals surface area contributed by atoms with E-state index in [9.17, 15) is 15.0 Å². The van der Waals surface area contributed by atoms with Crippen molar-refractivity contribution in [2.24, 2.45) is 5.41 Å². The van der Waals surface area contributed by atoms with Crippen LogP contribution in [0.1, 0.15) is 37.6 Å². The van der Waals surface area contributed by atoms with Crippen LogP contribution in [0, 0.1) is 12.3 Å². The van der Waals surface area contributed by atoms with Crippen LogP contribution < -0.4 is 0 Å².